The van der Waals surface area contributed by atoms with Gasteiger partial charge in [0.25, 0.3) is 5.91 Å². The number of carbonyl (C=O) groups is 5. The van der Waals surface area contributed by atoms with Crippen molar-refractivity contribution in [2.45, 2.75) is 78.3 Å². The molecule has 4 atom stereocenters. The standard InChI is InChI=1S/C25H34N4O7/c1-13-15(8-6-9-16(13)26-14(2)30)21(32)28-20(25(3,4)5)23(34)29-11-7-10-18(29)22(33)27-17-12-19(31)36-24(17)35/h6,8-9,17-18,20,24,35H,7,10-12H2,1-5H3,(H,26,30)(H,27,33)(H,28,32)/t17-,18-,20+,24+/m0/s1. The molecule has 196 valence electrons. The van der Waals surface area contributed by atoms with Gasteiger partial charge in [0.05, 0.1) is 6.42 Å². The first kappa shape index (κ1) is 27.1. The van der Waals surface area contributed by atoms with Crippen molar-refractivity contribution in [3.63, 3.8) is 0 Å². The summed E-state index contributed by atoms with van der Waals surface area (Å²) in [7, 11) is 0. The van der Waals surface area contributed by atoms with E-state index in [-0.39, 0.29) is 12.3 Å². The minimum absolute atomic E-state index is 0.148. The highest BCUT2D eigenvalue weighted by molar-refractivity contribution is 6.01. The Morgan fingerprint density at radius 2 is 1.89 bits per heavy atom. The van der Waals surface area contributed by atoms with E-state index in [2.05, 4.69) is 20.7 Å². The molecule has 3 rings (SSSR count). The van der Waals surface area contributed by atoms with E-state index in [0.29, 0.717) is 36.2 Å². The number of benzene rings is 1. The van der Waals surface area contributed by atoms with E-state index in [1.807, 2.05) is 20.8 Å². The quantitative estimate of drug-likeness (QED) is 0.420. The molecule has 0 saturated carbocycles. The van der Waals surface area contributed by atoms with Gasteiger partial charge in [0.2, 0.25) is 24.0 Å². The van der Waals surface area contributed by atoms with E-state index >= 15 is 0 Å². The Balaban J connectivity index is 1.78. The minimum atomic E-state index is -1.43. The second-order valence-corrected chi connectivity index (χ2v) is 10.3. The second kappa shape index (κ2) is 10.7. The fraction of sp³-hybridized carbons (Fsp3) is 0.560. The van der Waals surface area contributed by atoms with Gasteiger partial charge in [-0.05, 0) is 42.9 Å². The smallest absolute Gasteiger partial charge is 0.310 e. The number of hydrogen-bond acceptors (Lipinski definition) is 7. The Morgan fingerprint density at radius 1 is 1.19 bits per heavy atom. The van der Waals surface area contributed by atoms with Crippen molar-refractivity contribution >= 4 is 35.3 Å². The van der Waals surface area contributed by atoms with E-state index in [1.54, 1.807) is 25.1 Å². The number of nitrogens with zero attached hydrogens (tertiary/aromatic N) is 1. The van der Waals surface area contributed by atoms with Crippen molar-refractivity contribution in [1.29, 1.82) is 0 Å². The number of esters is 1. The lowest BCUT2D eigenvalue weighted by molar-refractivity contribution is -0.155. The lowest BCUT2D eigenvalue weighted by Crippen LogP contribution is -2.58. The number of ether oxygens (including phenoxy) is 1. The topological polar surface area (TPSA) is 154 Å². The molecule has 36 heavy (non-hydrogen) atoms. The predicted molar refractivity (Wildman–Crippen MR) is 130 cm³/mol. The Hall–Kier alpha value is -3.47. The molecule has 2 saturated heterocycles. The number of nitrogens with one attached hydrogen (secondary N) is 3. The van der Waals surface area contributed by atoms with E-state index < -0.39 is 53.5 Å². The van der Waals surface area contributed by atoms with Gasteiger partial charge in [-0.25, -0.2) is 0 Å². The molecule has 4 amide bonds. The molecule has 1 aromatic rings. The lowest BCUT2D eigenvalue weighted by atomic mass is 9.85. The van der Waals surface area contributed by atoms with Crippen LogP contribution in [-0.2, 0) is 23.9 Å². The van der Waals surface area contributed by atoms with E-state index in [1.165, 1.54) is 11.8 Å². The maximum absolute atomic E-state index is 13.7. The fourth-order valence-corrected chi connectivity index (χ4v) is 4.48. The maximum atomic E-state index is 13.7. The molecule has 0 unspecified atom stereocenters. The molecule has 0 bridgehead atoms. The van der Waals surface area contributed by atoms with Crippen LogP contribution in [0.3, 0.4) is 0 Å². The first-order chi connectivity index (χ1) is 16.8. The summed E-state index contributed by atoms with van der Waals surface area (Å²) >= 11 is 0. The van der Waals surface area contributed by atoms with Crippen LogP contribution < -0.4 is 16.0 Å². The summed E-state index contributed by atoms with van der Waals surface area (Å²) in [5.41, 5.74) is 0.706. The van der Waals surface area contributed by atoms with Crippen LogP contribution in [0.5, 0.6) is 0 Å². The number of likely N-dealkylation sites (tertiary alicyclic amines) is 1. The molecular weight excluding hydrogens is 468 g/mol. The molecule has 4 N–H and O–H groups in total. The van der Waals surface area contributed by atoms with Crippen LogP contribution >= 0.6 is 0 Å². The van der Waals surface area contributed by atoms with Gasteiger partial charge in [-0.15, -0.1) is 0 Å². The van der Waals surface area contributed by atoms with Gasteiger partial charge in [-0.1, -0.05) is 26.8 Å². The van der Waals surface area contributed by atoms with Gasteiger partial charge in [0.1, 0.15) is 18.1 Å². The van der Waals surface area contributed by atoms with Crippen molar-refractivity contribution in [2.24, 2.45) is 5.41 Å². The van der Waals surface area contributed by atoms with E-state index in [0.717, 1.165) is 0 Å². The molecule has 2 heterocycles. The molecule has 2 aliphatic rings. The number of aliphatic hydroxyl groups excluding tert-OH is 1. The van der Waals surface area contributed by atoms with Gasteiger partial charge >= 0.3 is 5.97 Å². The Labute approximate surface area is 209 Å². The van der Waals surface area contributed by atoms with Gasteiger partial charge in [0, 0.05) is 24.7 Å². The molecular formula is C25H34N4O7. The molecule has 2 aliphatic heterocycles. The first-order valence-corrected chi connectivity index (χ1v) is 12.0. The van der Waals surface area contributed by atoms with Crippen LogP contribution in [0, 0.1) is 12.3 Å². The predicted octanol–water partition coefficient (Wildman–Crippen LogP) is 0.839. The number of amides is 4. The van der Waals surface area contributed by atoms with Crippen LogP contribution in [0.2, 0.25) is 0 Å². The Bertz CT molecular complexity index is 1060. The summed E-state index contributed by atoms with van der Waals surface area (Å²) in [5, 5.41) is 17.9. The number of cyclic esters (lactones) is 1. The summed E-state index contributed by atoms with van der Waals surface area (Å²) in [6.07, 6.45) is -0.567. The monoisotopic (exact) mass is 502 g/mol. The summed E-state index contributed by atoms with van der Waals surface area (Å²) < 4.78 is 4.67. The van der Waals surface area contributed by atoms with Crippen LogP contribution in [0.4, 0.5) is 5.69 Å². The average Bonchev–Trinajstić information content (AvgIpc) is 3.38. The normalized spacial score (nSPS) is 22.6. The maximum Gasteiger partial charge on any atom is 0.310 e. The number of anilines is 1. The van der Waals surface area contributed by atoms with Crippen molar-refractivity contribution in [2.75, 3.05) is 11.9 Å². The Morgan fingerprint density at radius 3 is 2.47 bits per heavy atom. The van der Waals surface area contributed by atoms with Crippen LogP contribution in [0.15, 0.2) is 18.2 Å². The van der Waals surface area contributed by atoms with E-state index in [4.69, 9.17) is 0 Å². The minimum Gasteiger partial charge on any atom is -0.434 e. The van der Waals surface area contributed by atoms with Gasteiger partial charge < -0.3 is 30.7 Å². The largest absolute Gasteiger partial charge is 0.434 e. The number of rotatable bonds is 6. The number of carbonyl (C=O) groups excluding carboxylic acids is 5. The zero-order valence-corrected chi connectivity index (χ0v) is 21.2. The number of hydrogen-bond donors (Lipinski definition) is 4. The van der Waals surface area contributed by atoms with Crippen molar-refractivity contribution in [1.82, 2.24) is 15.5 Å². The zero-order valence-electron chi connectivity index (χ0n) is 21.2. The molecule has 11 heteroatoms. The summed E-state index contributed by atoms with van der Waals surface area (Å²) in [5.74, 6) is -2.24. The molecule has 0 spiro atoms. The van der Waals surface area contributed by atoms with Gasteiger partial charge in [0.15, 0.2) is 0 Å². The highest BCUT2D eigenvalue weighted by atomic mass is 16.6. The van der Waals surface area contributed by atoms with Crippen molar-refractivity contribution < 1.29 is 33.8 Å². The molecule has 0 aromatic heterocycles. The number of aliphatic hydroxyl groups is 1. The van der Waals surface area contributed by atoms with Gasteiger partial charge in [-0.2, -0.15) is 0 Å². The van der Waals surface area contributed by atoms with E-state index in [9.17, 15) is 29.1 Å². The molecule has 0 aliphatic carbocycles. The van der Waals surface area contributed by atoms with Crippen LogP contribution in [0.25, 0.3) is 0 Å². The summed E-state index contributed by atoms with van der Waals surface area (Å²) in [6.45, 7) is 8.87. The molecule has 11 nitrogen and oxygen atoms in total. The SMILES string of the molecule is CC(=O)Nc1cccc(C(=O)N[C@H](C(=O)N2CCC[C@H]2C(=O)N[C@H]2CC(=O)O[C@H]2O)C(C)(C)C)c1C. The summed E-state index contributed by atoms with van der Waals surface area (Å²) in [4.78, 5) is 64.2. The van der Waals surface area contributed by atoms with Crippen molar-refractivity contribution in [3.05, 3.63) is 29.3 Å². The van der Waals surface area contributed by atoms with Gasteiger partial charge in [-0.3, -0.25) is 24.0 Å². The van der Waals surface area contributed by atoms with Crippen LogP contribution in [0.1, 0.15) is 62.9 Å². The second-order valence-electron chi connectivity index (χ2n) is 10.3. The van der Waals surface area contributed by atoms with Crippen molar-refractivity contribution in [3.8, 4) is 0 Å². The average molecular weight is 503 g/mol. The fourth-order valence-electron chi connectivity index (χ4n) is 4.48. The highest BCUT2D eigenvalue weighted by Gasteiger charge is 2.43. The third kappa shape index (κ3) is 6.01. The van der Waals surface area contributed by atoms with Crippen LogP contribution in [-0.4, -0.2) is 70.6 Å². The zero-order chi connectivity index (χ0) is 26.8. The lowest BCUT2D eigenvalue weighted by Gasteiger charge is -2.35. The summed E-state index contributed by atoms with van der Waals surface area (Å²) in [6, 6.07) is 2.33. The Kier molecular flexibility index (Phi) is 8.02. The third-order valence-electron chi connectivity index (χ3n) is 6.43. The molecule has 2 fully saturated rings. The molecule has 0 radical (unpaired) electrons. The third-order valence-corrected chi connectivity index (χ3v) is 6.43. The first-order valence-electron chi connectivity index (χ1n) is 12.0. The molecule has 1 aromatic carbocycles. The highest BCUT2D eigenvalue weighted by Crippen LogP contribution is 2.27.